The Morgan fingerprint density at radius 3 is 2.85 bits per heavy atom. The second-order valence-electron chi connectivity index (χ2n) is 5.80. The number of aliphatic carboxylic acids is 1. The predicted octanol–water partition coefficient (Wildman–Crippen LogP) is 4.14. The number of carboxylic acid groups (broad SMARTS) is 1. The lowest BCUT2D eigenvalue weighted by Crippen LogP contribution is -2.33. The van der Waals surface area contributed by atoms with Crippen LogP contribution in [0.2, 0.25) is 0 Å². The van der Waals surface area contributed by atoms with Gasteiger partial charge in [-0.05, 0) is 23.8 Å². The van der Waals surface area contributed by atoms with Gasteiger partial charge in [-0.1, -0.05) is 30.0 Å². The summed E-state index contributed by atoms with van der Waals surface area (Å²) in [6.45, 7) is 0. The SMILES string of the molecule is O=C(O)[C@H]1CS[C@H](c2ccc(Sc3nc4ccccc4s3)c([N+](=O)[O-])c2)N1. The first-order chi connectivity index (χ1) is 13.0. The quantitative estimate of drug-likeness (QED) is 0.469. The minimum Gasteiger partial charge on any atom is -0.480 e. The van der Waals surface area contributed by atoms with E-state index in [4.69, 9.17) is 5.11 Å². The molecule has 2 aromatic carbocycles. The van der Waals surface area contributed by atoms with Crippen LogP contribution in [0.15, 0.2) is 51.7 Å². The van der Waals surface area contributed by atoms with Crippen molar-refractivity contribution in [3.63, 3.8) is 0 Å². The Balaban J connectivity index is 1.61. The number of carbonyl (C=O) groups is 1. The maximum absolute atomic E-state index is 11.6. The van der Waals surface area contributed by atoms with E-state index in [1.165, 1.54) is 40.9 Å². The number of aromatic nitrogens is 1. The maximum atomic E-state index is 11.6. The summed E-state index contributed by atoms with van der Waals surface area (Å²) in [5.41, 5.74) is 1.57. The molecule has 1 fully saturated rings. The summed E-state index contributed by atoms with van der Waals surface area (Å²) in [5, 5.41) is 23.4. The van der Waals surface area contributed by atoms with Gasteiger partial charge in [0.1, 0.15) is 6.04 Å². The van der Waals surface area contributed by atoms with Crippen LogP contribution in [0.5, 0.6) is 0 Å². The van der Waals surface area contributed by atoms with Gasteiger partial charge in [-0.15, -0.1) is 23.1 Å². The Hall–Kier alpha value is -2.14. The Morgan fingerprint density at radius 2 is 2.15 bits per heavy atom. The second-order valence-corrected chi connectivity index (χ2v) is 9.26. The van der Waals surface area contributed by atoms with E-state index in [1.807, 2.05) is 24.3 Å². The highest BCUT2D eigenvalue weighted by Crippen LogP contribution is 2.41. The van der Waals surface area contributed by atoms with Gasteiger partial charge in [0.05, 0.1) is 25.4 Å². The molecule has 0 amide bonds. The van der Waals surface area contributed by atoms with E-state index in [9.17, 15) is 14.9 Å². The lowest BCUT2D eigenvalue weighted by Gasteiger charge is -2.12. The van der Waals surface area contributed by atoms with Crippen LogP contribution in [0.3, 0.4) is 0 Å². The number of nitrogens with zero attached hydrogens (tertiary/aromatic N) is 2. The van der Waals surface area contributed by atoms with Crippen LogP contribution in [0.1, 0.15) is 10.9 Å². The summed E-state index contributed by atoms with van der Waals surface area (Å²) in [5.74, 6) is -0.488. The normalized spacial score (nSPS) is 19.4. The molecule has 2 N–H and O–H groups in total. The molecule has 2 atom stereocenters. The van der Waals surface area contributed by atoms with Crippen LogP contribution >= 0.6 is 34.9 Å². The number of hydrogen-bond donors (Lipinski definition) is 2. The van der Waals surface area contributed by atoms with Gasteiger partial charge >= 0.3 is 5.97 Å². The highest BCUT2D eigenvalue weighted by molar-refractivity contribution is 8.01. The highest BCUT2D eigenvalue weighted by atomic mass is 32.2. The minimum atomic E-state index is -0.914. The number of nitro groups is 1. The Morgan fingerprint density at radius 1 is 1.33 bits per heavy atom. The lowest BCUT2D eigenvalue weighted by atomic mass is 10.2. The van der Waals surface area contributed by atoms with Gasteiger partial charge in [0.2, 0.25) is 0 Å². The average Bonchev–Trinajstić information content (AvgIpc) is 3.28. The number of nitro benzene ring substituents is 1. The van der Waals surface area contributed by atoms with Crippen LogP contribution in [-0.4, -0.2) is 32.8 Å². The molecule has 0 unspecified atom stereocenters. The molecule has 1 aliphatic rings. The second kappa shape index (κ2) is 7.47. The Labute approximate surface area is 166 Å². The molecule has 1 aliphatic heterocycles. The van der Waals surface area contributed by atoms with Crippen molar-refractivity contribution < 1.29 is 14.8 Å². The van der Waals surface area contributed by atoms with Gasteiger partial charge in [-0.3, -0.25) is 20.2 Å². The number of thioether (sulfide) groups is 1. The van der Waals surface area contributed by atoms with Crippen LogP contribution in [0, 0.1) is 10.1 Å². The van der Waals surface area contributed by atoms with Gasteiger partial charge in [-0.25, -0.2) is 4.98 Å². The Bertz CT molecular complexity index is 1010. The molecule has 138 valence electrons. The molecule has 0 bridgehead atoms. The molecular formula is C17H13N3O4S3. The molecule has 3 aromatic rings. The van der Waals surface area contributed by atoms with Crippen LogP contribution < -0.4 is 5.32 Å². The fourth-order valence-corrected chi connectivity index (χ4v) is 6.05. The standard InChI is InChI=1S/C17H13N3O4S3/c21-16(22)11-8-25-15(18-11)9-5-6-14(12(7-9)20(23)24)27-17-19-10-3-1-2-4-13(10)26-17/h1-7,11,15,18H,8H2,(H,21,22)/t11-,15-/m1/s1. The molecule has 27 heavy (non-hydrogen) atoms. The van der Waals surface area contributed by atoms with Gasteiger partial charge in [-0.2, -0.15) is 0 Å². The topological polar surface area (TPSA) is 105 Å². The molecule has 1 saturated heterocycles. The number of hydrogen-bond acceptors (Lipinski definition) is 8. The van der Waals surface area contributed by atoms with Crippen molar-refractivity contribution in [2.45, 2.75) is 20.7 Å². The summed E-state index contributed by atoms with van der Waals surface area (Å²) in [6, 6.07) is 12.1. The number of fused-ring (bicyclic) bond motifs is 1. The first kappa shape index (κ1) is 18.2. The van der Waals surface area contributed by atoms with Crippen LogP contribution in [0.25, 0.3) is 10.2 Å². The van der Waals surface area contributed by atoms with E-state index in [0.717, 1.165) is 14.6 Å². The van der Waals surface area contributed by atoms with Crippen LogP contribution in [-0.2, 0) is 4.79 Å². The predicted molar refractivity (Wildman–Crippen MR) is 107 cm³/mol. The van der Waals surface area contributed by atoms with E-state index < -0.39 is 16.9 Å². The number of benzene rings is 2. The smallest absolute Gasteiger partial charge is 0.321 e. The van der Waals surface area contributed by atoms with E-state index in [-0.39, 0.29) is 11.1 Å². The Kier molecular flexibility index (Phi) is 5.04. The number of para-hydroxylation sites is 1. The molecule has 0 radical (unpaired) electrons. The molecule has 4 rings (SSSR count). The molecule has 1 aromatic heterocycles. The van der Waals surface area contributed by atoms with Crippen molar-refractivity contribution in [1.82, 2.24) is 10.3 Å². The summed E-state index contributed by atoms with van der Waals surface area (Å²) in [4.78, 5) is 27.3. The van der Waals surface area contributed by atoms with Gasteiger partial charge in [0, 0.05) is 11.8 Å². The zero-order valence-electron chi connectivity index (χ0n) is 13.7. The largest absolute Gasteiger partial charge is 0.480 e. The first-order valence-electron chi connectivity index (χ1n) is 7.93. The van der Waals surface area contributed by atoms with Crippen molar-refractivity contribution in [2.24, 2.45) is 0 Å². The molecule has 10 heteroatoms. The zero-order chi connectivity index (χ0) is 19.0. The number of carboxylic acids is 1. The number of rotatable bonds is 5. The van der Waals surface area contributed by atoms with E-state index in [0.29, 0.717) is 16.2 Å². The van der Waals surface area contributed by atoms with Crippen molar-refractivity contribution in [3.8, 4) is 0 Å². The molecule has 0 saturated carbocycles. The monoisotopic (exact) mass is 419 g/mol. The van der Waals surface area contributed by atoms with Gasteiger partial charge in [0.15, 0.2) is 4.34 Å². The van der Waals surface area contributed by atoms with Crippen molar-refractivity contribution in [3.05, 3.63) is 58.1 Å². The zero-order valence-corrected chi connectivity index (χ0v) is 16.1. The molecular weight excluding hydrogens is 406 g/mol. The molecule has 2 heterocycles. The number of thiazole rings is 1. The molecule has 0 aliphatic carbocycles. The summed E-state index contributed by atoms with van der Waals surface area (Å²) < 4.78 is 1.77. The number of nitrogens with one attached hydrogen (secondary N) is 1. The van der Waals surface area contributed by atoms with Crippen LogP contribution in [0.4, 0.5) is 5.69 Å². The van der Waals surface area contributed by atoms with Gasteiger partial charge in [0.25, 0.3) is 5.69 Å². The highest BCUT2D eigenvalue weighted by Gasteiger charge is 2.31. The molecule has 0 spiro atoms. The van der Waals surface area contributed by atoms with E-state index in [1.54, 1.807) is 12.1 Å². The van der Waals surface area contributed by atoms with Crippen molar-refractivity contribution in [1.29, 1.82) is 0 Å². The summed E-state index contributed by atoms with van der Waals surface area (Å²) in [6.07, 6.45) is 0. The third kappa shape index (κ3) is 3.79. The third-order valence-electron chi connectivity index (χ3n) is 4.03. The van der Waals surface area contributed by atoms with Crippen molar-refractivity contribution >= 4 is 56.7 Å². The first-order valence-corrected chi connectivity index (χ1v) is 10.6. The van der Waals surface area contributed by atoms with Crippen molar-refractivity contribution in [2.75, 3.05) is 5.75 Å². The maximum Gasteiger partial charge on any atom is 0.321 e. The third-order valence-corrected chi connectivity index (χ3v) is 7.46. The molecule has 7 nitrogen and oxygen atoms in total. The fourth-order valence-electron chi connectivity index (χ4n) is 2.72. The average molecular weight is 420 g/mol. The van der Waals surface area contributed by atoms with E-state index >= 15 is 0 Å². The summed E-state index contributed by atoms with van der Waals surface area (Å²) >= 11 is 4.20. The van der Waals surface area contributed by atoms with E-state index in [2.05, 4.69) is 10.3 Å². The lowest BCUT2D eigenvalue weighted by molar-refractivity contribution is -0.387. The fraction of sp³-hybridized carbons (Fsp3) is 0.176. The van der Waals surface area contributed by atoms with Gasteiger partial charge < -0.3 is 5.11 Å². The minimum absolute atomic E-state index is 0.00192. The summed E-state index contributed by atoms with van der Waals surface area (Å²) in [7, 11) is 0.